The van der Waals surface area contributed by atoms with Crippen LogP contribution in [0.5, 0.6) is 0 Å². The lowest BCUT2D eigenvalue weighted by Gasteiger charge is -2.05. The van der Waals surface area contributed by atoms with E-state index in [4.69, 9.17) is 16.7 Å². The zero-order valence-electron chi connectivity index (χ0n) is 10.9. The van der Waals surface area contributed by atoms with Crippen molar-refractivity contribution in [3.8, 4) is 0 Å². The summed E-state index contributed by atoms with van der Waals surface area (Å²) in [6, 6.07) is 0. The van der Waals surface area contributed by atoms with Gasteiger partial charge in [-0.25, -0.2) is 0 Å². The van der Waals surface area contributed by atoms with Crippen LogP contribution in [0.3, 0.4) is 0 Å². The summed E-state index contributed by atoms with van der Waals surface area (Å²) in [6.07, 6.45) is 14.5. The van der Waals surface area contributed by atoms with Crippen LogP contribution < -0.4 is 0 Å². The third kappa shape index (κ3) is 12.3. The predicted octanol–water partition coefficient (Wildman–Crippen LogP) is 4.90. The molecule has 0 aliphatic carbocycles. The van der Waals surface area contributed by atoms with Crippen LogP contribution in [-0.4, -0.2) is 17.1 Å². The van der Waals surface area contributed by atoms with E-state index in [1.165, 1.54) is 64.2 Å². The summed E-state index contributed by atoms with van der Waals surface area (Å²) in [7, 11) is 0. The Bertz CT molecular complexity index is 128. The van der Waals surface area contributed by atoms with Gasteiger partial charge < -0.3 is 5.11 Å². The maximum absolute atomic E-state index is 8.75. The second kappa shape index (κ2) is 13.3. The first-order valence-electron chi connectivity index (χ1n) is 7.06. The van der Waals surface area contributed by atoms with Crippen molar-refractivity contribution < 1.29 is 5.11 Å². The molecule has 0 fully saturated rings. The number of hydrogen-bond donors (Lipinski definition) is 1. The Morgan fingerprint density at radius 1 is 0.812 bits per heavy atom. The summed E-state index contributed by atoms with van der Waals surface area (Å²) in [5.74, 6) is 0. The van der Waals surface area contributed by atoms with E-state index in [0.29, 0.717) is 0 Å². The highest BCUT2D eigenvalue weighted by Gasteiger charge is 2.00. The normalized spacial score (nSPS) is 12.9. The zero-order chi connectivity index (χ0) is 12.1. The Kier molecular flexibility index (Phi) is 13.5. The maximum atomic E-state index is 8.75. The molecule has 0 aromatic carbocycles. The lowest BCUT2D eigenvalue weighted by Crippen LogP contribution is -2.03. The first kappa shape index (κ1) is 16.2. The average molecular weight is 249 g/mol. The summed E-state index contributed by atoms with van der Waals surface area (Å²) in [5.41, 5.74) is 0. The Hall–Kier alpha value is 0.250. The summed E-state index contributed by atoms with van der Waals surface area (Å²) < 4.78 is 0. The molecule has 98 valence electrons. The highest BCUT2D eigenvalue weighted by Crippen LogP contribution is 2.13. The van der Waals surface area contributed by atoms with E-state index >= 15 is 0 Å². The number of alkyl halides is 1. The molecule has 1 N–H and O–H groups in total. The quantitative estimate of drug-likeness (QED) is 0.385. The molecule has 1 nitrogen and oxygen atoms in total. The Labute approximate surface area is 107 Å². The summed E-state index contributed by atoms with van der Waals surface area (Å²) in [5, 5.41) is 8.73. The minimum atomic E-state index is -0.0194. The zero-order valence-corrected chi connectivity index (χ0v) is 11.6. The van der Waals surface area contributed by atoms with E-state index in [1.807, 2.05) is 0 Å². The van der Waals surface area contributed by atoms with Gasteiger partial charge in [0.1, 0.15) is 0 Å². The lowest BCUT2D eigenvalue weighted by atomic mass is 10.1. The summed E-state index contributed by atoms with van der Waals surface area (Å²) in [4.78, 5) is 0. The minimum absolute atomic E-state index is 0.0194. The average Bonchev–Trinajstić information content (AvgIpc) is 2.31. The van der Waals surface area contributed by atoms with Crippen molar-refractivity contribution in [1.82, 2.24) is 0 Å². The molecule has 0 amide bonds. The molecule has 0 heterocycles. The molecule has 0 saturated carbocycles. The largest absolute Gasteiger partial charge is 0.395 e. The molecular weight excluding hydrogens is 220 g/mol. The van der Waals surface area contributed by atoms with Gasteiger partial charge in [0, 0.05) is 0 Å². The molecule has 1 atom stereocenters. The van der Waals surface area contributed by atoms with Gasteiger partial charge in [-0.05, 0) is 6.42 Å². The van der Waals surface area contributed by atoms with E-state index < -0.39 is 0 Å². The van der Waals surface area contributed by atoms with Crippen LogP contribution in [-0.2, 0) is 0 Å². The second-order valence-corrected chi connectivity index (χ2v) is 5.37. The van der Waals surface area contributed by atoms with E-state index in [-0.39, 0.29) is 12.0 Å². The van der Waals surface area contributed by atoms with Crippen molar-refractivity contribution in [2.45, 2.75) is 82.9 Å². The molecule has 0 aromatic rings. The van der Waals surface area contributed by atoms with Crippen molar-refractivity contribution in [2.75, 3.05) is 6.61 Å². The first-order valence-corrected chi connectivity index (χ1v) is 7.49. The molecule has 0 saturated heterocycles. The Morgan fingerprint density at radius 3 is 1.69 bits per heavy atom. The highest BCUT2D eigenvalue weighted by atomic mass is 35.5. The van der Waals surface area contributed by atoms with Crippen molar-refractivity contribution >= 4 is 11.6 Å². The topological polar surface area (TPSA) is 20.2 Å². The van der Waals surface area contributed by atoms with Crippen molar-refractivity contribution in [3.63, 3.8) is 0 Å². The van der Waals surface area contributed by atoms with Crippen molar-refractivity contribution in [3.05, 3.63) is 0 Å². The van der Waals surface area contributed by atoms with Crippen LogP contribution in [0.4, 0.5) is 0 Å². The monoisotopic (exact) mass is 248 g/mol. The van der Waals surface area contributed by atoms with Crippen LogP contribution in [0.15, 0.2) is 0 Å². The van der Waals surface area contributed by atoms with Gasteiger partial charge in [0.25, 0.3) is 0 Å². The van der Waals surface area contributed by atoms with Gasteiger partial charge in [0.2, 0.25) is 0 Å². The molecule has 0 aliphatic rings. The van der Waals surface area contributed by atoms with E-state index in [0.717, 1.165) is 6.42 Å². The van der Waals surface area contributed by atoms with Crippen molar-refractivity contribution in [2.24, 2.45) is 0 Å². The summed E-state index contributed by atoms with van der Waals surface area (Å²) >= 11 is 5.83. The molecule has 0 rings (SSSR count). The molecule has 2 heteroatoms. The maximum Gasteiger partial charge on any atom is 0.0595 e. The smallest absolute Gasteiger partial charge is 0.0595 e. The third-order valence-electron chi connectivity index (χ3n) is 3.07. The fraction of sp³-hybridized carbons (Fsp3) is 1.00. The SMILES string of the molecule is CCCCCCCCCCCCC(Cl)CO. The third-order valence-corrected chi connectivity index (χ3v) is 3.43. The Balaban J connectivity index is 2.93. The standard InChI is InChI=1S/C14H29ClO/c1-2-3-4-5-6-7-8-9-10-11-12-14(15)13-16/h14,16H,2-13H2,1H3. The number of rotatable bonds is 12. The molecular formula is C14H29ClO. The fourth-order valence-corrected chi connectivity index (χ4v) is 2.10. The molecule has 0 bridgehead atoms. The lowest BCUT2D eigenvalue weighted by molar-refractivity contribution is 0.286. The Morgan fingerprint density at radius 2 is 1.25 bits per heavy atom. The van der Waals surface area contributed by atoms with Crippen LogP contribution in [0.25, 0.3) is 0 Å². The number of unbranched alkanes of at least 4 members (excludes halogenated alkanes) is 9. The van der Waals surface area contributed by atoms with Crippen molar-refractivity contribution in [1.29, 1.82) is 0 Å². The molecule has 0 aromatic heterocycles. The first-order chi connectivity index (χ1) is 7.81. The van der Waals surface area contributed by atoms with Gasteiger partial charge in [-0.1, -0.05) is 71.1 Å². The van der Waals surface area contributed by atoms with Crippen LogP contribution in [0, 0.1) is 0 Å². The van der Waals surface area contributed by atoms with E-state index in [9.17, 15) is 0 Å². The second-order valence-electron chi connectivity index (χ2n) is 4.75. The molecule has 0 radical (unpaired) electrons. The van der Waals surface area contributed by atoms with Gasteiger partial charge in [-0.3, -0.25) is 0 Å². The number of aliphatic hydroxyl groups is 1. The molecule has 1 unspecified atom stereocenters. The van der Waals surface area contributed by atoms with Crippen LogP contribution >= 0.6 is 11.6 Å². The van der Waals surface area contributed by atoms with Gasteiger partial charge in [-0.15, -0.1) is 11.6 Å². The summed E-state index contributed by atoms with van der Waals surface area (Å²) in [6.45, 7) is 2.38. The van der Waals surface area contributed by atoms with Gasteiger partial charge in [-0.2, -0.15) is 0 Å². The predicted molar refractivity (Wildman–Crippen MR) is 73.2 cm³/mol. The van der Waals surface area contributed by atoms with Gasteiger partial charge in [0.15, 0.2) is 0 Å². The van der Waals surface area contributed by atoms with Crippen LogP contribution in [0.2, 0.25) is 0 Å². The van der Waals surface area contributed by atoms with Gasteiger partial charge >= 0.3 is 0 Å². The number of hydrogen-bond acceptors (Lipinski definition) is 1. The minimum Gasteiger partial charge on any atom is -0.395 e. The number of aliphatic hydroxyl groups excluding tert-OH is 1. The molecule has 0 aliphatic heterocycles. The van der Waals surface area contributed by atoms with Crippen LogP contribution in [0.1, 0.15) is 77.6 Å². The van der Waals surface area contributed by atoms with Gasteiger partial charge in [0.05, 0.1) is 12.0 Å². The van der Waals surface area contributed by atoms with E-state index in [2.05, 4.69) is 6.92 Å². The number of halogens is 1. The van der Waals surface area contributed by atoms with E-state index in [1.54, 1.807) is 0 Å². The fourth-order valence-electron chi connectivity index (χ4n) is 1.94. The highest BCUT2D eigenvalue weighted by molar-refractivity contribution is 6.20. The molecule has 0 spiro atoms. The molecule has 16 heavy (non-hydrogen) atoms.